The van der Waals surface area contributed by atoms with Crippen molar-refractivity contribution in [2.75, 3.05) is 6.61 Å². The van der Waals surface area contributed by atoms with Crippen molar-refractivity contribution in [1.29, 1.82) is 0 Å². The molecule has 0 aliphatic carbocycles. The van der Waals surface area contributed by atoms with Gasteiger partial charge < -0.3 is 18.9 Å². The van der Waals surface area contributed by atoms with Gasteiger partial charge in [-0.1, -0.05) is 117 Å². The summed E-state index contributed by atoms with van der Waals surface area (Å²) in [5.74, 6) is -6.57. The highest BCUT2D eigenvalue weighted by Gasteiger charge is 2.20. The van der Waals surface area contributed by atoms with Crippen molar-refractivity contribution in [3.63, 3.8) is 0 Å². The molecule has 0 spiro atoms. The van der Waals surface area contributed by atoms with Gasteiger partial charge in [0.25, 0.3) is 0 Å². The van der Waals surface area contributed by atoms with Crippen LogP contribution < -0.4 is 14.2 Å². The largest absolute Gasteiger partial charge is 0.491 e. The van der Waals surface area contributed by atoms with Gasteiger partial charge in [0.05, 0.1) is 29.4 Å². The summed E-state index contributed by atoms with van der Waals surface area (Å²) in [6.45, 7) is 6.47. The summed E-state index contributed by atoms with van der Waals surface area (Å²) in [6.07, 6.45) is 21.8. The Kier molecular flexibility index (Phi) is 21.0. The summed E-state index contributed by atoms with van der Waals surface area (Å²) in [5, 5.41) is 0. The first-order valence-corrected chi connectivity index (χ1v) is 20.3. The van der Waals surface area contributed by atoms with Crippen molar-refractivity contribution in [1.82, 2.24) is 0 Å². The van der Waals surface area contributed by atoms with Crippen LogP contribution in [0.1, 0.15) is 174 Å². The first-order chi connectivity index (χ1) is 26.6. The molecule has 3 aromatic rings. The van der Waals surface area contributed by atoms with Gasteiger partial charge in [-0.15, -0.1) is 0 Å². The lowest BCUT2D eigenvalue weighted by atomic mass is 10.0. The highest BCUT2D eigenvalue weighted by molar-refractivity contribution is 5.93. The number of unbranched alkanes of at least 4 members (excludes halogenated alkanes) is 16. The molecule has 0 amide bonds. The smallest absolute Gasteiger partial charge is 0.343 e. The lowest BCUT2D eigenvalue weighted by molar-refractivity contribution is 0.0318. The van der Waals surface area contributed by atoms with Gasteiger partial charge in [-0.25, -0.2) is 27.6 Å². The molecule has 0 aliphatic rings. The van der Waals surface area contributed by atoms with E-state index >= 15 is 0 Å². The first-order valence-electron chi connectivity index (χ1n) is 20.3. The van der Waals surface area contributed by atoms with E-state index in [9.17, 15) is 27.6 Å². The van der Waals surface area contributed by atoms with Crippen LogP contribution in [-0.4, -0.2) is 30.6 Å². The lowest BCUT2D eigenvalue weighted by Gasteiger charge is -2.13. The summed E-state index contributed by atoms with van der Waals surface area (Å²) in [4.78, 5) is 37.8. The molecule has 0 bridgehead atoms. The Morgan fingerprint density at radius 2 is 0.855 bits per heavy atom. The van der Waals surface area contributed by atoms with Crippen LogP contribution in [0.15, 0.2) is 54.6 Å². The summed E-state index contributed by atoms with van der Waals surface area (Å²) >= 11 is 0. The average Bonchev–Trinajstić information content (AvgIpc) is 3.16. The molecule has 0 N–H and O–H groups in total. The number of esters is 3. The number of rotatable bonds is 27. The van der Waals surface area contributed by atoms with Gasteiger partial charge in [0.1, 0.15) is 0 Å². The Balaban J connectivity index is 1.38. The van der Waals surface area contributed by atoms with Crippen LogP contribution in [0.4, 0.5) is 13.2 Å². The fourth-order valence-electron chi connectivity index (χ4n) is 6.13. The number of benzene rings is 3. The fraction of sp³-hybridized carbons (Fsp3) is 0.533. The molecule has 0 aromatic heterocycles. The van der Waals surface area contributed by atoms with Crippen LogP contribution in [-0.2, 0) is 4.74 Å². The monoisotopic (exact) mass is 768 g/mol. The highest BCUT2D eigenvalue weighted by atomic mass is 19.1. The van der Waals surface area contributed by atoms with Crippen molar-refractivity contribution in [2.24, 2.45) is 0 Å². The van der Waals surface area contributed by atoms with Crippen molar-refractivity contribution in [3.8, 4) is 17.2 Å². The SMILES string of the molecule is CCCCCCCCCCCCCCCCOc1ccc(C(=O)Oc2ccc(C(=O)Oc3ccc(C(=O)OC(C)CCCCCC)cc3F)cc2F)cc1F. The van der Waals surface area contributed by atoms with E-state index in [1.807, 2.05) is 0 Å². The summed E-state index contributed by atoms with van der Waals surface area (Å²) in [7, 11) is 0. The summed E-state index contributed by atoms with van der Waals surface area (Å²) in [5.41, 5.74) is -0.492. The first kappa shape index (κ1) is 45.1. The molecule has 0 radical (unpaired) electrons. The average molecular weight is 769 g/mol. The van der Waals surface area contributed by atoms with Gasteiger partial charge in [0.15, 0.2) is 34.7 Å². The van der Waals surface area contributed by atoms with Crippen molar-refractivity contribution >= 4 is 17.9 Å². The van der Waals surface area contributed by atoms with Crippen molar-refractivity contribution in [3.05, 3.63) is 88.7 Å². The normalized spacial score (nSPS) is 11.6. The number of hydrogen-bond donors (Lipinski definition) is 0. The Labute approximate surface area is 325 Å². The molecule has 0 heterocycles. The van der Waals surface area contributed by atoms with Gasteiger partial charge in [-0.2, -0.15) is 0 Å². The topological polar surface area (TPSA) is 88.1 Å². The molecule has 0 aliphatic heterocycles. The molecule has 10 heteroatoms. The fourth-order valence-corrected chi connectivity index (χ4v) is 6.13. The second-order valence-corrected chi connectivity index (χ2v) is 14.2. The minimum atomic E-state index is -1.08. The van der Waals surface area contributed by atoms with E-state index in [0.29, 0.717) is 13.0 Å². The maximum absolute atomic E-state index is 14.9. The molecular formula is C45H59F3O7. The van der Waals surface area contributed by atoms with Gasteiger partial charge in [-0.05, 0) is 80.8 Å². The van der Waals surface area contributed by atoms with E-state index in [0.717, 1.165) is 81.3 Å². The van der Waals surface area contributed by atoms with E-state index < -0.39 is 46.9 Å². The standard InChI is InChI=1S/C45H59F3O7/c1-4-6-8-10-11-12-13-14-15-16-17-18-19-21-29-52-40-26-23-35(30-37(40)46)44(50)54-42-28-25-36(32-39(42)48)45(51)55-41-27-24-34(31-38(41)47)43(49)53-33(3)22-20-9-7-5-2/h23-28,30-33H,4-22,29H2,1-3H3. The molecule has 3 aromatic carbocycles. The quantitative estimate of drug-likeness (QED) is 0.0433. The number of carbonyl (C=O) groups excluding carboxylic acids is 3. The molecule has 0 fully saturated rings. The van der Waals surface area contributed by atoms with Crippen LogP contribution in [0.3, 0.4) is 0 Å². The van der Waals surface area contributed by atoms with Gasteiger partial charge in [-0.3, -0.25) is 0 Å². The van der Waals surface area contributed by atoms with Crippen molar-refractivity contribution < 1.29 is 46.5 Å². The van der Waals surface area contributed by atoms with E-state index in [4.69, 9.17) is 18.9 Å². The third kappa shape index (κ3) is 16.9. The van der Waals surface area contributed by atoms with Crippen LogP contribution in [0.5, 0.6) is 17.2 Å². The number of halogens is 3. The second-order valence-electron chi connectivity index (χ2n) is 14.2. The predicted molar refractivity (Wildman–Crippen MR) is 209 cm³/mol. The van der Waals surface area contributed by atoms with E-state index in [1.165, 1.54) is 88.8 Å². The molecule has 1 atom stereocenters. The minimum Gasteiger partial charge on any atom is -0.491 e. The van der Waals surface area contributed by atoms with E-state index in [1.54, 1.807) is 6.92 Å². The summed E-state index contributed by atoms with van der Waals surface area (Å²) < 4.78 is 65.5. The molecule has 7 nitrogen and oxygen atoms in total. The zero-order valence-electron chi connectivity index (χ0n) is 32.9. The summed E-state index contributed by atoms with van der Waals surface area (Å²) in [6, 6.07) is 9.83. The van der Waals surface area contributed by atoms with Crippen LogP contribution in [0.2, 0.25) is 0 Å². The zero-order valence-corrected chi connectivity index (χ0v) is 32.9. The van der Waals surface area contributed by atoms with Crippen LogP contribution in [0.25, 0.3) is 0 Å². The molecule has 55 heavy (non-hydrogen) atoms. The molecule has 1 unspecified atom stereocenters. The van der Waals surface area contributed by atoms with Gasteiger partial charge in [0.2, 0.25) is 0 Å². The third-order valence-corrected chi connectivity index (χ3v) is 9.44. The Morgan fingerprint density at radius 1 is 0.491 bits per heavy atom. The number of hydrogen-bond acceptors (Lipinski definition) is 7. The van der Waals surface area contributed by atoms with Crippen LogP contribution in [0, 0.1) is 17.5 Å². The highest BCUT2D eigenvalue weighted by Crippen LogP contribution is 2.25. The van der Waals surface area contributed by atoms with Gasteiger partial charge >= 0.3 is 17.9 Å². The Bertz CT molecular complexity index is 1630. The maximum Gasteiger partial charge on any atom is 0.343 e. The molecule has 0 saturated heterocycles. The number of ether oxygens (including phenoxy) is 4. The van der Waals surface area contributed by atoms with Gasteiger partial charge in [0, 0.05) is 0 Å². The Hall–Kier alpha value is -4.34. The van der Waals surface area contributed by atoms with Crippen molar-refractivity contribution in [2.45, 2.75) is 149 Å². The van der Waals surface area contributed by atoms with Crippen LogP contribution >= 0.6 is 0 Å². The molecule has 0 saturated carbocycles. The zero-order chi connectivity index (χ0) is 39.8. The molecule has 302 valence electrons. The number of carbonyl (C=O) groups is 3. The van der Waals surface area contributed by atoms with E-state index in [-0.39, 0.29) is 28.5 Å². The predicted octanol–water partition coefficient (Wildman–Crippen LogP) is 12.9. The third-order valence-electron chi connectivity index (χ3n) is 9.44. The van der Waals surface area contributed by atoms with E-state index in [2.05, 4.69) is 13.8 Å². The molecular weight excluding hydrogens is 709 g/mol. The minimum absolute atomic E-state index is 0.00839. The maximum atomic E-state index is 14.9. The molecule has 3 rings (SSSR count). The second kappa shape index (κ2) is 25.7. The Morgan fingerprint density at radius 3 is 1.27 bits per heavy atom. The lowest BCUT2D eigenvalue weighted by Crippen LogP contribution is -2.16.